The molecule has 0 heterocycles. The van der Waals surface area contributed by atoms with Crippen LogP contribution in [0.4, 0.5) is 0 Å². The van der Waals surface area contributed by atoms with Gasteiger partial charge in [-0.2, -0.15) is 0 Å². The van der Waals surface area contributed by atoms with E-state index in [0.29, 0.717) is 23.9 Å². The highest BCUT2D eigenvalue weighted by molar-refractivity contribution is 5.70. The fourth-order valence-electron chi connectivity index (χ4n) is 6.33. The lowest BCUT2D eigenvalue weighted by molar-refractivity contribution is -0.870. The molecular formula is C47H87NO8. The molecule has 0 rings (SSSR count). The van der Waals surface area contributed by atoms with Crippen LogP contribution >= 0.6 is 0 Å². The fraction of sp³-hybridized carbons (Fsp3) is 0.851. The highest BCUT2D eigenvalue weighted by Crippen LogP contribution is 2.15. The van der Waals surface area contributed by atoms with E-state index in [2.05, 4.69) is 38.2 Å². The molecule has 0 fully saturated rings. The Labute approximate surface area is 344 Å². The van der Waals surface area contributed by atoms with E-state index < -0.39 is 24.3 Å². The number of hydrogen-bond donors (Lipinski definition) is 0. The van der Waals surface area contributed by atoms with Gasteiger partial charge in [0.1, 0.15) is 13.2 Å². The summed E-state index contributed by atoms with van der Waals surface area (Å²) >= 11 is 0. The standard InChI is InChI=1S/C47H87NO8/c1-6-8-10-12-14-16-18-20-22-24-25-27-29-31-33-35-37-44(49)54-41-43(42-55-47(46(51)52)53-40-39-48(3,4)5)56-45(50)38-36-34-32-30-28-26-23-21-19-17-15-13-11-9-7-2/h15,17,21,23,43,47H,6-14,16,18-20,22,24-42H2,1-5H3/b17-15-,23-21-. The smallest absolute Gasteiger partial charge is 0.306 e. The number of quaternary nitrogens is 1. The first kappa shape index (κ1) is 53.8. The van der Waals surface area contributed by atoms with Crippen LogP contribution in [0.3, 0.4) is 0 Å². The number of carbonyl (C=O) groups is 3. The van der Waals surface area contributed by atoms with Crippen molar-refractivity contribution < 1.29 is 42.9 Å². The number of allylic oxidation sites excluding steroid dienone is 4. The van der Waals surface area contributed by atoms with Crippen LogP contribution in [-0.4, -0.2) is 82.3 Å². The minimum absolute atomic E-state index is 0.147. The number of esters is 2. The van der Waals surface area contributed by atoms with E-state index in [4.69, 9.17) is 18.9 Å². The topological polar surface area (TPSA) is 111 Å². The number of nitrogens with zero attached hydrogens (tertiary/aromatic N) is 1. The highest BCUT2D eigenvalue weighted by Gasteiger charge is 2.21. The largest absolute Gasteiger partial charge is 0.545 e. The number of unbranched alkanes of at least 4 members (excludes halogenated alkanes) is 23. The second kappa shape index (κ2) is 39.6. The van der Waals surface area contributed by atoms with Crippen molar-refractivity contribution in [2.24, 2.45) is 0 Å². The number of rotatable bonds is 42. The summed E-state index contributed by atoms with van der Waals surface area (Å²) in [6, 6.07) is 0. The zero-order valence-electron chi connectivity index (χ0n) is 37.0. The SMILES string of the molecule is CCCCC/C=C\C/C=C\CCCCCCCC(=O)OC(COC(=O)CCCCCCCCCCCCCCCCCC)COC(OCC[N+](C)(C)C)C(=O)[O-]. The average molecular weight is 794 g/mol. The zero-order valence-corrected chi connectivity index (χ0v) is 37.0. The third-order valence-electron chi connectivity index (χ3n) is 9.95. The molecule has 0 bridgehead atoms. The maximum Gasteiger partial charge on any atom is 0.306 e. The molecule has 328 valence electrons. The number of carbonyl (C=O) groups excluding carboxylic acids is 3. The third-order valence-corrected chi connectivity index (χ3v) is 9.95. The van der Waals surface area contributed by atoms with Gasteiger partial charge in [0.2, 0.25) is 0 Å². The lowest BCUT2D eigenvalue weighted by Gasteiger charge is -2.26. The Morgan fingerprint density at radius 3 is 1.45 bits per heavy atom. The Bertz CT molecular complexity index is 976. The van der Waals surface area contributed by atoms with Crippen LogP contribution in [0.15, 0.2) is 24.3 Å². The van der Waals surface area contributed by atoms with Crippen molar-refractivity contribution in [1.29, 1.82) is 0 Å². The summed E-state index contributed by atoms with van der Waals surface area (Å²) in [6.07, 6.45) is 39.1. The molecule has 0 spiro atoms. The van der Waals surface area contributed by atoms with Gasteiger partial charge in [0.05, 0.1) is 40.3 Å². The number of hydrogen-bond acceptors (Lipinski definition) is 8. The molecule has 9 heteroatoms. The lowest BCUT2D eigenvalue weighted by atomic mass is 10.0. The summed E-state index contributed by atoms with van der Waals surface area (Å²) in [5, 5.41) is 11.7. The molecule has 0 aliphatic heterocycles. The third kappa shape index (κ3) is 40.0. The fourth-order valence-corrected chi connectivity index (χ4v) is 6.33. The van der Waals surface area contributed by atoms with Gasteiger partial charge in [0.15, 0.2) is 12.4 Å². The zero-order chi connectivity index (χ0) is 41.4. The van der Waals surface area contributed by atoms with E-state index in [-0.39, 0.29) is 32.2 Å². The monoisotopic (exact) mass is 794 g/mol. The molecule has 0 aliphatic rings. The van der Waals surface area contributed by atoms with Gasteiger partial charge in [-0.05, 0) is 44.9 Å². The molecule has 0 aromatic heterocycles. The summed E-state index contributed by atoms with van der Waals surface area (Å²) in [5.74, 6) is -2.29. The van der Waals surface area contributed by atoms with Crippen molar-refractivity contribution in [3.05, 3.63) is 24.3 Å². The van der Waals surface area contributed by atoms with Crippen LogP contribution in [0.25, 0.3) is 0 Å². The summed E-state index contributed by atoms with van der Waals surface area (Å²) in [7, 11) is 5.91. The maximum absolute atomic E-state index is 12.7. The van der Waals surface area contributed by atoms with Gasteiger partial charge >= 0.3 is 11.9 Å². The molecule has 2 unspecified atom stereocenters. The summed E-state index contributed by atoms with van der Waals surface area (Å²) in [5.41, 5.74) is 0. The predicted octanol–water partition coefficient (Wildman–Crippen LogP) is 10.7. The van der Waals surface area contributed by atoms with Crippen LogP contribution < -0.4 is 5.11 Å². The van der Waals surface area contributed by atoms with Crippen molar-refractivity contribution >= 4 is 17.9 Å². The van der Waals surface area contributed by atoms with Crippen LogP contribution in [-0.2, 0) is 33.3 Å². The predicted molar refractivity (Wildman–Crippen MR) is 228 cm³/mol. The molecule has 0 N–H and O–H groups in total. The molecule has 0 radical (unpaired) electrons. The molecule has 0 aliphatic carbocycles. The van der Waals surface area contributed by atoms with Crippen molar-refractivity contribution in [3.8, 4) is 0 Å². The molecule has 2 atom stereocenters. The van der Waals surface area contributed by atoms with E-state index in [9.17, 15) is 19.5 Å². The first-order valence-corrected chi connectivity index (χ1v) is 23.0. The van der Waals surface area contributed by atoms with Gasteiger partial charge in [-0.3, -0.25) is 9.59 Å². The van der Waals surface area contributed by atoms with Gasteiger partial charge < -0.3 is 33.3 Å². The maximum atomic E-state index is 12.7. The van der Waals surface area contributed by atoms with Gasteiger partial charge in [-0.1, -0.05) is 167 Å². The number of aliphatic carboxylic acids is 1. The first-order chi connectivity index (χ1) is 27.1. The van der Waals surface area contributed by atoms with E-state index >= 15 is 0 Å². The number of likely N-dealkylation sites (N-methyl/N-ethyl adjacent to an activating group) is 1. The van der Waals surface area contributed by atoms with Crippen molar-refractivity contribution in [1.82, 2.24) is 0 Å². The second-order valence-electron chi connectivity index (χ2n) is 16.7. The molecule has 56 heavy (non-hydrogen) atoms. The van der Waals surface area contributed by atoms with Crippen molar-refractivity contribution in [2.45, 2.75) is 212 Å². The summed E-state index contributed by atoms with van der Waals surface area (Å²) in [6.45, 7) is 4.71. The lowest BCUT2D eigenvalue weighted by Crippen LogP contribution is -2.44. The molecule has 0 saturated heterocycles. The Hall–Kier alpha value is -2.23. The van der Waals surface area contributed by atoms with E-state index in [1.54, 1.807) is 0 Å². The molecular weight excluding hydrogens is 707 g/mol. The van der Waals surface area contributed by atoms with Crippen LogP contribution in [0.1, 0.15) is 200 Å². The minimum Gasteiger partial charge on any atom is -0.545 e. The van der Waals surface area contributed by atoms with Gasteiger partial charge in [-0.15, -0.1) is 0 Å². The number of carboxylic acids is 1. The van der Waals surface area contributed by atoms with Crippen LogP contribution in [0.5, 0.6) is 0 Å². The van der Waals surface area contributed by atoms with Gasteiger partial charge in [0, 0.05) is 12.8 Å². The average Bonchev–Trinajstić information content (AvgIpc) is 3.15. The van der Waals surface area contributed by atoms with Gasteiger partial charge in [0.25, 0.3) is 0 Å². The number of ether oxygens (including phenoxy) is 4. The van der Waals surface area contributed by atoms with Crippen LogP contribution in [0.2, 0.25) is 0 Å². The summed E-state index contributed by atoms with van der Waals surface area (Å²) < 4.78 is 22.5. The quantitative estimate of drug-likeness (QED) is 0.0197. The molecule has 0 saturated carbocycles. The molecule has 9 nitrogen and oxygen atoms in total. The summed E-state index contributed by atoms with van der Waals surface area (Å²) in [4.78, 5) is 37.0. The van der Waals surface area contributed by atoms with E-state index in [0.717, 1.165) is 57.8 Å². The van der Waals surface area contributed by atoms with Gasteiger partial charge in [-0.25, -0.2) is 0 Å². The molecule has 0 amide bonds. The number of carboxylic acid groups (broad SMARTS) is 1. The second-order valence-corrected chi connectivity index (χ2v) is 16.7. The van der Waals surface area contributed by atoms with E-state index in [1.165, 1.54) is 109 Å². The Balaban J connectivity index is 4.43. The molecule has 0 aromatic carbocycles. The Morgan fingerprint density at radius 2 is 0.964 bits per heavy atom. The van der Waals surface area contributed by atoms with Crippen molar-refractivity contribution in [2.75, 3.05) is 47.5 Å². The highest BCUT2D eigenvalue weighted by atomic mass is 16.7. The molecule has 0 aromatic rings. The minimum atomic E-state index is -1.62. The van der Waals surface area contributed by atoms with Crippen molar-refractivity contribution in [3.63, 3.8) is 0 Å². The van der Waals surface area contributed by atoms with E-state index in [1.807, 2.05) is 21.1 Å². The van der Waals surface area contributed by atoms with Crippen LogP contribution in [0, 0.1) is 0 Å². The normalized spacial score (nSPS) is 13.1. The first-order valence-electron chi connectivity index (χ1n) is 23.0. The Kier molecular flexibility index (Phi) is 38.0. The Morgan fingerprint density at radius 1 is 0.536 bits per heavy atom.